The van der Waals surface area contributed by atoms with Crippen LogP contribution in [0.2, 0.25) is 13.1 Å². The van der Waals surface area contributed by atoms with Crippen molar-refractivity contribution in [2.75, 3.05) is 0 Å². The first kappa shape index (κ1) is 31.0. The zero-order chi connectivity index (χ0) is 23.5. The Morgan fingerprint density at radius 1 is 0.944 bits per heavy atom. The molecule has 0 amide bonds. The van der Waals surface area contributed by atoms with Gasteiger partial charge in [-0.15, -0.1) is 34.5 Å². The predicted molar refractivity (Wildman–Crippen MR) is 145 cm³/mol. The Bertz CT molecular complexity index is 1380. The van der Waals surface area contributed by atoms with E-state index in [0.717, 1.165) is 5.76 Å². The van der Waals surface area contributed by atoms with Crippen LogP contribution in [0.15, 0.2) is 70.7 Å². The molecule has 1 aromatic heterocycles. The zero-order valence-corrected chi connectivity index (χ0v) is 27.3. The van der Waals surface area contributed by atoms with Crippen LogP contribution in [-0.4, -0.2) is 8.07 Å². The van der Waals surface area contributed by atoms with Gasteiger partial charge >= 0.3 is 26.2 Å². The van der Waals surface area contributed by atoms with Crippen LogP contribution >= 0.6 is 0 Å². The quantitative estimate of drug-likeness (QED) is 0.256. The number of furan rings is 1. The first-order chi connectivity index (χ1) is 15.7. The summed E-state index contributed by atoms with van der Waals surface area (Å²) in [5, 5.41) is 4.37. The van der Waals surface area contributed by atoms with Crippen LogP contribution in [0.4, 0.5) is 0 Å². The van der Waals surface area contributed by atoms with Gasteiger partial charge in [-0.2, -0.15) is 6.07 Å². The van der Waals surface area contributed by atoms with Gasteiger partial charge in [0.05, 0.1) is 8.07 Å². The van der Waals surface area contributed by atoms with E-state index in [9.17, 15) is 0 Å². The number of halogens is 2. The molecule has 2 atom stereocenters. The maximum absolute atomic E-state index is 5.78. The minimum Gasteiger partial charge on any atom is -1.00 e. The summed E-state index contributed by atoms with van der Waals surface area (Å²) in [6.07, 6.45) is 1.19. The molecule has 7 rings (SSSR count). The number of allylic oxidation sites excluding steroid dienone is 1. The Kier molecular flexibility index (Phi) is 10.0. The Morgan fingerprint density at radius 2 is 1.61 bits per heavy atom. The summed E-state index contributed by atoms with van der Waals surface area (Å²) < 4.78 is 5.78. The first-order valence-electron chi connectivity index (χ1n) is 12.3. The van der Waals surface area contributed by atoms with Crippen LogP contribution in [0.3, 0.4) is 0 Å². The Hall–Kier alpha value is -1.25. The van der Waals surface area contributed by atoms with Crippen LogP contribution in [0.1, 0.15) is 66.9 Å². The number of hydrogen-bond donors (Lipinski definition) is 0. The first-order valence-corrected chi connectivity index (χ1v) is 15.4. The normalized spacial score (nSPS) is 17.0. The summed E-state index contributed by atoms with van der Waals surface area (Å²) in [4.78, 5) is 0. The molecule has 2 unspecified atom stereocenters. The van der Waals surface area contributed by atoms with E-state index in [4.69, 9.17) is 4.42 Å². The van der Waals surface area contributed by atoms with E-state index in [0.29, 0.717) is 11.5 Å². The fourth-order valence-electron chi connectivity index (χ4n) is 6.15. The maximum Gasteiger partial charge on any atom is 3.00 e. The topological polar surface area (TPSA) is 13.1 Å². The van der Waals surface area contributed by atoms with E-state index in [-0.39, 0.29) is 51.0 Å². The van der Waals surface area contributed by atoms with Gasteiger partial charge in [0.1, 0.15) is 11.5 Å². The van der Waals surface area contributed by atoms with Gasteiger partial charge in [0.15, 0.2) is 0 Å². The second-order valence-corrected chi connectivity index (χ2v) is 15.1. The van der Waals surface area contributed by atoms with Crippen molar-refractivity contribution in [3.63, 3.8) is 0 Å². The van der Waals surface area contributed by atoms with Gasteiger partial charge in [-0.25, -0.2) is 0 Å². The van der Waals surface area contributed by atoms with Crippen molar-refractivity contribution in [1.29, 1.82) is 0 Å². The smallest absolute Gasteiger partial charge is 1.00 e. The van der Waals surface area contributed by atoms with Crippen molar-refractivity contribution in [3.8, 4) is 11.1 Å². The van der Waals surface area contributed by atoms with Gasteiger partial charge in [-0.3, -0.25) is 0 Å². The summed E-state index contributed by atoms with van der Waals surface area (Å²) >= 11 is 0. The second kappa shape index (κ2) is 11.6. The SMILES string of the molecule is CC1=C2c3cc(C)oc3C1[Si]2(C)C.CCC(C)c1ccc(-c2cccc3[cH-]c(C)cc23)cc1.[Cl-].[Cl-].[Zr+3]. The molecule has 1 aliphatic carbocycles. The Balaban J connectivity index is 0.000000250. The van der Waals surface area contributed by atoms with Crippen molar-refractivity contribution in [3.05, 3.63) is 94.4 Å². The van der Waals surface area contributed by atoms with Crippen LogP contribution in [-0.2, 0) is 26.2 Å². The molecule has 2 aliphatic heterocycles. The summed E-state index contributed by atoms with van der Waals surface area (Å²) in [5.41, 5.74) is 9.15. The predicted octanol–water partition coefficient (Wildman–Crippen LogP) is 3.31. The third-order valence-electron chi connectivity index (χ3n) is 7.91. The Morgan fingerprint density at radius 3 is 2.19 bits per heavy atom. The second-order valence-electron chi connectivity index (χ2n) is 10.6. The molecule has 3 aromatic carbocycles. The minimum absolute atomic E-state index is 0. The molecular formula is C31H35Cl2OSiZr. The average Bonchev–Trinajstić information content (AvgIpc) is 3.47. The van der Waals surface area contributed by atoms with Crippen molar-refractivity contribution in [2.24, 2.45) is 0 Å². The standard InChI is InChI=1S/C20H21.C11H14OSi.2ClH.Zr/c1-4-15(3)16-8-10-17(11-9-16)19-7-5-6-18-12-14(2)13-20(18)19;1-6-5-8-9(12-6)11-7(2)10(8)13(11,3)4;;;/h5-13,15H,4H2,1-3H3;5,11H,1-4H3;2*1H;/q-1;;;;+3/p-2. The summed E-state index contributed by atoms with van der Waals surface area (Å²) in [5.74, 6) is 2.99. The van der Waals surface area contributed by atoms with Crippen molar-refractivity contribution >= 4 is 24.0 Å². The van der Waals surface area contributed by atoms with Gasteiger partial charge in [0.2, 0.25) is 0 Å². The van der Waals surface area contributed by atoms with E-state index in [1.165, 1.54) is 50.8 Å². The van der Waals surface area contributed by atoms with E-state index in [2.05, 4.69) is 101 Å². The molecule has 0 saturated carbocycles. The molecule has 1 nitrogen and oxygen atoms in total. The molecule has 1 radical (unpaired) electrons. The van der Waals surface area contributed by atoms with Crippen LogP contribution in [0.5, 0.6) is 0 Å². The van der Waals surface area contributed by atoms with Gasteiger partial charge < -0.3 is 29.2 Å². The fraction of sp³-hybridized carbons (Fsp3) is 0.323. The molecule has 2 bridgehead atoms. The van der Waals surface area contributed by atoms with E-state index >= 15 is 0 Å². The number of benzene rings is 2. The number of aryl methyl sites for hydroxylation is 2. The van der Waals surface area contributed by atoms with Crippen molar-refractivity contribution in [1.82, 2.24) is 0 Å². The van der Waals surface area contributed by atoms with Crippen molar-refractivity contribution < 1.29 is 55.4 Å². The molecular weight excluding hydrogens is 579 g/mol. The third-order valence-corrected chi connectivity index (χ3v) is 12.0. The molecule has 5 heteroatoms. The van der Waals surface area contributed by atoms with Gasteiger partial charge in [-0.1, -0.05) is 75.3 Å². The van der Waals surface area contributed by atoms with Crippen molar-refractivity contribution in [2.45, 2.75) is 65.6 Å². The van der Waals surface area contributed by atoms with E-state index < -0.39 is 8.07 Å². The van der Waals surface area contributed by atoms with E-state index in [1.807, 2.05) is 6.92 Å². The number of fused-ring (bicyclic) bond motifs is 1. The van der Waals surface area contributed by atoms with Crippen LogP contribution < -0.4 is 24.8 Å². The van der Waals surface area contributed by atoms with E-state index in [1.54, 1.807) is 10.8 Å². The van der Waals surface area contributed by atoms with Gasteiger partial charge in [0, 0.05) is 11.1 Å². The fourth-order valence-corrected chi connectivity index (χ4v) is 10.4. The molecule has 0 N–H and O–H groups in total. The zero-order valence-electron chi connectivity index (χ0n) is 22.3. The molecule has 36 heavy (non-hydrogen) atoms. The summed E-state index contributed by atoms with van der Waals surface area (Å²) in [7, 11) is -1.10. The maximum atomic E-state index is 5.78. The number of hydrogen-bond acceptors (Lipinski definition) is 1. The largest absolute Gasteiger partial charge is 3.00 e. The molecule has 3 heterocycles. The summed E-state index contributed by atoms with van der Waals surface area (Å²) in [6.45, 7) is 15.9. The van der Waals surface area contributed by atoms with Crippen LogP contribution in [0.25, 0.3) is 27.1 Å². The molecule has 0 fully saturated rings. The molecule has 187 valence electrons. The van der Waals surface area contributed by atoms with Crippen LogP contribution in [0, 0.1) is 13.8 Å². The minimum atomic E-state index is -1.10. The molecule has 0 spiro atoms. The monoisotopic (exact) mass is 611 g/mol. The Labute approximate surface area is 249 Å². The third kappa shape index (κ3) is 5.06. The molecule has 3 aliphatic rings. The summed E-state index contributed by atoms with van der Waals surface area (Å²) in [6, 6.07) is 22.4. The molecule has 4 aromatic rings. The average molecular weight is 614 g/mol. The molecule has 0 saturated heterocycles. The van der Waals surface area contributed by atoms with Gasteiger partial charge in [0.25, 0.3) is 0 Å². The van der Waals surface area contributed by atoms with Gasteiger partial charge in [-0.05, 0) is 48.6 Å². The number of rotatable bonds is 3.